The minimum atomic E-state index is -0.452. The molecule has 1 amide bonds. The molecule has 0 aliphatic rings. The van der Waals surface area contributed by atoms with Crippen LogP contribution in [0.5, 0.6) is 17.2 Å². The van der Waals surface area contributed by atoms with Crippen molar-refractivity contribution in [3.63, 3.8) is 0 Å². The summed E-state index contributed by atoms with van der Waals surface area (Å²) in [6.45, 7) is 0. The van der Waals surface area contributed by atoms with Crippen LogP contribution < -0.4 is 14.8 Å². The number of hydrogen-bond acceptors (Lipinski definition) is 3. The second-order valence-electron chi connectivity index (χ2n) is 3.68. The normalized spacial score (nSPS) is 9.79. The maximum absolute atomic E-state index is 13.1. The van der Waals surface area contributed by atoms with Gasteiger partial charge in [0.1, 0.15) is 17.3 Å². The molecule has 0 spiro atoms. The lowest BCUT2D eigenvalue weighted by molar-refractivity contribution is -0.105. The number of nitrogens with one attached hydrogen (secondary N) is 1. The van der Waals surface area contributed by atoms with Gasteiger partial charge in [0.15, 0.2) is 5.75 Å². The highest BCUT2D eigenvalue weighted by atomic mass is 19.1. The Morgan fingerprint density at radius 2 is 1.79 bits per heavy atom. The molecule has 2 aromatic carbocycles. The zero-order valence-electron chi connectivity index (χ0n) is 10.2. The number of rotatable bonds is 5. The Morgan fingerprint density at radius 1 is 1.11 bits per heavy atom. The lowest BCUT2D eigenvalue weighted by Crippen LogP contribution is -1.97. The van der Waals surface area contributed by atoms with Crippen LogP contribution in [0.15, 0.2) is 42.5 Å². The van der Waals surface area contributed by atoms with Crippen LogP contribution in [0.2, 0.25) is 0 Å². The first-order valence-electron chi connectivity index (χ1n) is 5.54. The molecule has 2 rings (SSSR count). The van der Waals surface area contributed by atoms with E-state index < -0.39 is 5.82 Å². The monoisotopic (exact) mass is 261 g/mol. The molecule has 19 heavy (non-hydrogen) atoms. The number of anilines is 1. The Bertz CT molecular complexity index is 569. The third-order valence-corrected chi connectivity index (χ3v) is 2.44. The van der Waals surface area contributed by atoms with Crippen LogP contribution in [-0.2, 0) is 4.79 Å². The van der Waals surface area contributed by atoms with Crippen LogP contribution >= 0.6 is 0 Å². The van der Waals surface area contributed by atoms with Crippen molar-refractivity contribution in [3.05, 3.63) is 48.3 Å². The predicted octanol–water partition coefficient (Wildman–Crippen LogP) is 3.19. The van der Waals surface area contributed by atoms with E-state index in [-0.39, 0.29) is 5.69 Å². The smallest absolute Gasteiger partial charge is 0.211 e. The molecule has 4 nitrogen and oxygen atoms in total. The highest BCUT2D eigenvalue weighted by Gasteiger charge is 2.06. The van der Waals surface area contributed by atoms with Gasteiger partial charge < -0.3 is 14.8 Å². The summed E-state index contributed by atoms with van der Waals surface area (Å²) in [5.41, 5.74) is 0.269. The van der Waals surface area contributed by atoms with Gasteiger partial charge in [-0.3, -0.25) is 4.79 Å². The molecule has 0 heterocycles. The van der Waals surface area contributed by atoms with E-state index in [9.17, 15) is 9.18 Å². The predicted molar refractivity (Wildman–Crippen MR) is 69.2 cm³/mol. The Labute approximate surface area is 109 Å². The van der Waals surface area contributed by atoms with Crippen molar-refractivity contribution in [3.8, 4) is 17.2 Å². The molecular weight excluding hydrogens is 249 g/mol. The van der Waals surface area contributed by atoms with Crippen LogP contribution in [0.4, 0.5) is 10.1 Å². The summed E-state index contributed by atoms with van der Waals surface area (Å²) in [5.74, 6) is 1.17. The summed E-state index contributed by atoms with van der Waals surface area (Å²) >= 11 is 0. The molecule has 1 N–H and O–H groups in total. The molecule has 0 radical (unpaired) electrons. The summed E-state index contributed by atoms with van der Waals surface area (Å²) in [6.07, 6.45) is 0.468. The minimum Gasteiger partial charge on any atom is -0.497 e. The van der Waals surface area contributed by atoms with Crippen LogP contribution in [-0.4, -0.2) is 13.5 Å². The van der Waals surface area contributed by atoms with Crippen LogP contribution in [0.1, 0.15) is 0 Å². The fraction of sp³-hybridized carbons (Fsp3) is 0.0714. The van der Waals surface area contributed by atoms with Crippen LogP contribution in [0.3, 0.4) is 0 Å². The molecule has 0 aliphatic carbocycles. The van der Waals surface area contributed by atoms with E-state index in [4.69, 9.17) is 9.47 Å². The minimum absolute atomic E-state index is 0.269. The Kier molecular flexibility index (Phi) is 3.97. The van der Waals surface area contributed by atoms with Crippen molar-refractivity contribution < 1.29 is 18.7 Å². The molecule has 0 saturated heterocycles. The van der Waals surface area contributed by atoms with E-state index in [2.05, 4.69) is 5.32 Å². The number of halogens is 1. The molecule has 0 atom stereocenters. The van der Waals surface area contributed by atoms with E-state index in [0.717, 1.165) is 0 Å². The standard InChI is InChI=1S/C14H12FNO3/c1-18-11-3-5-12(6-4-11)19-14-7-2-10(15)8-13(14)16-9-17/h2-9H,1H3,(H,16,17). The average Bonchev–Trinajstić information content (AvgIpc) is 2.43. The molecule has 0 aliphatic heterocycles. The van der Waals surface area contributed by atoms with Gasteiger partial charge in [0, 0.05) is 6.07 Å². The van der Waals surface area contributed by atoms with Crippen LogP contribution in [0.25, 0.3) is 0 Å². The molecule has 0 aromatic heterocycles. The lowest BCUT2D eigenvalue weighted by Gasteiger charge is -2.10. The first-order valence-corrected chi connectivity index (χ1v) is 5.54. The van der Waals surface area contributed by atoms with E-state index in [1.54, 1.807) is 31.4 Å². The summed E-state index contributed by atoms with van der Waals surface area (Å²) in [5, 5.41) is 2.39. The maximum Gasteiger partial charge on any atom is 0.211 e. The fourth-order valence-electron chi connectivity index (χ4n) is 1.54. The third-order valence-electron chi connectivity index (χ3n) is 2.44. The van der Waals surface area contributed by atoms with Crippen molar-refractivity contribution in [2.45, 2.75) is 0 Å². The highest BCUT2D eigenvalue weighted by Crippen LogP contribution is 2.30. The zero-order chi connectivity index (χ0) is 13.7. The first-order chi connectivity index (χ1) is 9.22. The number of amides is 1. The molecular formula is C14H12FNO3. The Morgan fingerprint density at radius 3 is 2.42 bits per heavy atom. The van der Waals surface area contributed by atoms with Gasteiger partial charge in [-0.2, -0.15) is 0 Å². The van der Waals surface area contributed by atoms with Gasteiger partial charge in [-0.05, 0) is 36.4 Å². The number of carbonyl (C=O) groups is 1. The van der Waals surface area contributed by atoms with Gasteiger partial charge in [0.2, 0.25) is 6.41 Å². The van der Waals surface area contributed by atoms with Crippen molar-refractivity contribution in [2.24, 2.45) is 0 Å². The highest BCUT2D eigenvalue weighted by molar-refractivity contribution is 5.75. The largest absolute Gasteiger partial charge is 0.497 e. The number of ether oxygens (including phenoxy) is 2. The zero-order valence-corrected chi connectivity index (χ0v) is 10.2. The second kappa shape index (κ2) is 5.86. The Hall–Kier alpha value is -2.56. The molecule has 5 heteroatoms. The van der Waals surface area contributed by atoms with E-state index in [1.165, 1.54) is 18.2 Å². The third kappa shape index (κ3) is 3.22. The maximum atomic E-state index is 13.1. The molecule has 0 bridgehead atoms. The van der Waals surface area contributed by atoms with E-state index in [0.29, 0.717) is 23.7 Å². The van der Waals surface area contributed by atoms with Gasteiger partial charge in [0.25, 0.3) is 0 Å². The van der Waals surface area contributed by atoms with Gasteiger partial charge in [0.05, 0.1) is 12.8 Å². The molecule has 0 fully saturated rings. The fourth-order valence-corrected chi connectivity index (χ4v) is 1.54. The molecule has 0 unspecified atom stereocenters. The number of methoxy groups -OCH3 is 1. The number of hydrogen-bond donors (Lipinski definition) is 1. The summed E-state index contributed by atoms with van der Waals surface area (Å²) in [7, 11) is 1.57. The topological polar surface area (TPSA) is 47.6 Å². The van der Waals surface area contributed by atoms with Crippen molar-refractivity contribution >= 4 is 12.1 Å². The van der Waals surface area contributed by atoms with Crippen LogP contribution in [0, 0.1) is 5.82 Å². The first kappa shape index (κ1) is 12.9. The lowest BCUT2D eigenvalue weighted by atomic mass is 10.2. The van der Waals surface area contributed by atoms with E-state index in [1.807, 2.05) is 0 Å². The summed E-state index contributed by atoms with van der Waals surface area (Å²) in [4.78, 5) is 10.5. The number of carbonyl (C=O) groups excluding carboxylic acids is 1. The molecule has 0 saturated carbocycles. The van der Waals surface area contributed by atoms with Crippen molar-refractivity contribution in [1.29, 1.82) is 0 Å². The number of benzene rings is 2. The van der Waals surface area contributed by atoms with Gasteiger partial charge in [-0.15, -0.1) is 0 Å². The molecule has 98 valence electrons. The second-order valence-corrected chi connectivity index (χ2v) is 3.68. The van der Waals surface area contributed by atoms with Gasteiger partial charge in [-0.25, -0.2) is 4.39 Å². The van der Waals surface area contributed by atoms with Crippen molar-refractivity contribution in [1.82, 2.24) is 0 Å². The average molecular weight is 261 g/mol. The van der Waals surface area contributed by atoms with Gasteiger partial charge in [-0.1, -0.05) is 0 Å². The molecule has 2 aromatic rings. The summed E-state index contributed by atoms with van der Waals surface area (Å²) in [6, 6.07) is 10.8. The van der Waals surface area contributed by atoms with Crippen molar-refractivity contribution in [2.75, 3.05) is 12.4 Å². The quantitative estimate of drug-likeness (QED) is 0.841. The van der Waals surface area contributed by atoms with Gasteiger partial charge >= 0.3 is 0 Å². The summed E-state index contributed by atoms with van der Waals surface area (Å²) < 4.78 is 23.7. The SMILES string of the molecule is COc1ccc(Oc2ccc(F)cc2NC=O)cc1. The van der Waals surface area contributed by atoms with E-state index >= 15 is 0 Å². The Balaban J connectivity index is 2.23.